The van der Waals surface area contributed by atoms with Gasteiger partial charge in [-0.2, -0.15) is 4.98 Å². The first-order valence-electron chi connectivity index (χ1n) is 11.7. The lowest BCUT2D eigenvalue weighted by Gasteiger charge is -2.09. The van der Waals surface area contributed by atoms with Crippen LogP contribution in [0.25, 0.3) is 22.8 Å². The highest BCUT2D eigenvalue weighted by Gasteiger charge is 2.26. The van der Waals surface area contributed by atoms with Crippen molar-refractivity contribution in [2.45, 2.75) is 45.2 Å². The first-order valence-corrected chi connectivity index (χ1v) is 11.7. The van der Waals surface area contributed by atoms with Crippen molar-refractivity contribution >= 4 is 17.5 Å². The number of hydrogen-bond donors (Lipinski definition) is 2. The minimum Gasteiger partial charge on any atom is -0.345 e. The third-order valence-electron chi connectivity index (χ3n) is 6.46. The average molecular weight is 452 g/mol. The fourth-order valence-corrected chi connectivity index (χ4v) is 4.36. The van der Waals surface area contributed by atoms with Crippen LogP contribution in [0.2, 0.25) is 0 Å². The maximum absolute atomic E-state index is 12.0. The van der Waals surface area contributed by atoms with Crippen molar-refractivity contribution in [3.63, 3.8) is 0 Å². The number of aromatic nitrogens is 5. The maximum Gasteiger partial charge on any atom is 0.252 e. The Kier molecular flexibility index (Phi) is 4.86. The van der Waals surface area contributed by atoms with Gasteiger partial charge in [0.15, 0.2) is 5.82 Å². The Hall–Kier alpha value is -4.07. The van der Waals surface area contributed by atoms with E-state index in [1.165, 1.54) is 18.4 Å². The fourth-order valence-electron chi connectivity index (χ4n) is 4.36. The van der Waals surface area contributed by atoms with Crippen LogP contribution >= 0.6 is 0 Å². The van der Waals surface area contributed by atoms with Gasteiger partial charge in [-0.1, -0.05) is 6.07 Å². The lowest BCUT2D eigenvalue weighted by molar-refractivity contribution is 0.0958. The second-order valence-corrected chi connectivity index (χ2v) is 8.88. The van der Waals surface area contributed by atoms with Gasteiger partial charge in [0.25, 0.3) is 5.91 Å². The van der Waals surface area contributed by atoms with Crippen molar-refractivity contribution in [2.75, 3.05) is 5.32 Å². The molecule has 4 aromatic rings. The summed E-state index contributed by atoms with van der Waals surface area (Å²) < 4.78 is 1.82. The van der Waals surface area contributed by atoms with Crippen LogP contribution < -0.4 is 10.6 Å². The van der Waals surface area contributed by atoms with Crippen molar-refractivity contribution in [1.82, 2.24) is 30.0 Å². The maximum atomic E-state index is 12.0. The molecule has 0 bridgehead atoms. The number of rotatable bonds is 6. The van der Waals surface area contributed by atoms with Crippen molar-refractivity contribution in [1.29, 1.82) is 0 Å². The molecular weight excluding hydrogens is 426 g/mol. The minimum atomic E-state index is -0.0296. The number of nitrogens with one attached hydrogen (secondary N) is 2. The Morgan fingerprint density at radius 2 is 1.85 bits per heavy atom. The Bertz CT molecular complexity index is 1370. The molecule has 3 aromatic heterocycles. The third-order valence-corrected chi connectivity index (χ3v) is 6.46. The lowest BCUT2D eigenvalue weighted by Crippen LogP contribution is -2.16. The molecule has 0 spiro atoms. The molecule has 8 nitrogen and oxygen atoms in total. The lowest BCUT2D eigenvalue weighted by atomic mass is 10.1. The molecule has 1 aromatic carbocycles. The number of aryl methyl sites for hydroxylation is 1. The molecule has 1 unspecified atom stereocenters. The molecule has 1 fully saturated rings. The van der Waals surface area contributed by atoms with Crippen molar-refractivity contribution < 1.29 is 4.79 Å². The Morgan fingerprint density at radius 1 is 1.06 bits per heavy atom. The summed E-state index contributed by atoms with van der Waals surface area (Å²) in [5.41, 5.74) is 6.42. The van der Waals surface area contributed by atoms with Crippen molar-refractivity contribution in [3.8, 4) is 22.8 Å². The third kappa shape index (κ3) is 3.71. The van der Waals surface area contributed by atoms with Gasteiger partial charge in [0.1, 0.15) is 0 Å². The first-order chi connectivity index (χ1) is 16.6. The summed E-state index contributed by atoms with van der Waals surface area (Å²) in [5.74, 6) is 1.91. The second-order valence-electron chi connectivity index (χ2n) is 8.88. The second kappa shape index (κ2) is 8.06. The summed E-state index contributed by atoms with van der Waals surface area (Å²) in [5, 5.41) is 10.9. The molecule has 4 heterocycles. The van der Waals surface area contributed by atoms with E-state index in [-0.39, 0.29) is 11.9 Å². The summed E-state index contributed by atoms with van der Waals surface area (Å²) in [6, 6.07) is 13.9. The van der Waals surface area contributed by atoms with Crippen molar-refractivity contribution in [3.05, 3.63) is 71.5 Å². The first kappa shape index (κ1) is 20.5. The van der Waals surface area contributed by atoms with Crippen LogP contribution in [0.4, 0.5) is 11.6 Å². The van der Waals surface area contributed by atoms with Crippen LogP contribution in [-0.2, 0) is 6.54 Å². The Labute approximate surface area is 197 Å². The van der Waals surface area contributed by atoms with Crippen LogP contribution in [0.5, 0.6) is 0 Å². The smallest absolute Gasteiger partial charge is 0.252 e. The SMILES string of the molecule is CCn1nc(-c2ccc(-c3ccc(C4CC4)cn3)nc2)nc1Nc1ccc2c(c1)C(C)NC2=O. The number of pyridine rings is 2. The molecule has 34 heavy (non-hydrogen) atoms. The highest BCUT2D eigenvalue weighted by atomic mass is 16.2. The zero-order valence-corrected chi connectivity index (χ0v) is 19.1. The molecule has 2 aliphatic rings. The quantitative estimate of drug-likeness (QED) is 0.435. The van der Waals surface area contributed by atoms with Crippen LogP contribution in [0.1, 0.15) is 60.1 Å². The molecule has 1 aliphatic carbocycles. The Balaban J connectivity index is 1.23. The van der Waals surface area contributed by atoms with Gasteiger partial charge >= 0.3 is 0 Å². The molecule has 2 N–H and O–H groups in total. The van der Waals surface area contributed by atoms with Crippen molar-refractivity contribution in [2.24, 2.45) is 0 Å². The summed E-state index contributed by atoms with van der Waals surface area (Å²) >= 11 is 0. The molecule has 0 saturated heterocycles. The van der Waals surface area contributed by atoms with E-state index in [2.05, 4.69) is 31.8 Å². The molecule has 1 amide bonds. The number of benzene rings is 1. The highest BCUT2D eigenvalue weighted by Crippen LogP contribution is 2.40. The topological polar surface area (TPSA) is 97.6 Å². The normalized spacial score (nSPS) is 16.9. The molecule has 6 rings (SSSR count). The highest BCUT2D eigenvalue weighted by molar-refractivity contribution is 5.99. The standard InChI is InChI=1S/C26H25N7O/c1-3-33-26(30-19-8-9-20-21(12-19)15(2)29-25(20)34)31-24(32-33)18-7-11-23(28-14-18)22-10-6-17(13-27-22)16-4-5-16/h6-16H,3-5H2,1-2H3,(H,29,34)(H,30,31,32). The van der Waals surface area contributed by atoms with Crippen LogP contribution in [0, 0.1) is 0 Å². The van der Waals surface area contributed by atoms with Gasteiger partial charge in [0.2, 0.25) is 5.95 Å². The van der Waals surface area contributed by atoms with Gasteiger partial charge < -0.3 is 10.6 Å². The number of anilines is 2. The van der Waals surface area contributed by atoms with Crippen LogP contribution in [-0.4, -0.2) is 30.6 Å². The monoisotopic (exact) mass is 451 g/mol. The summed E-state index contributed by atoms with van der Waals surface area (Å²) in [7, 11) is 0. The summed E-state index contributed by atoms with van der Waals surface area (Å²) in [6.45, 7) is 4.67. The minimum absolute atomic E-state index is 0.00663. The van der Waals surface area contributed by atoms with Gasteiger partial charge in [0, 0.05) is 35.8 Å². The van der Waals surface area contributed by atoms with Gasteiger partial charge in [-0.15, -0.1) is 5.10 Å². The van der Waals surface area contributed by atoms with Crippen LogP contribution in [0.15, 0.2) is 54.9 Å². The predicted molar refractivity (Wildman–Crippen MR) is 130 cm³/mol. The van der Waals surface area contributed by atoms with Gasteiger partial charge in [-0.25, -0.2) is 4.68 Å². The van der Waals surface area contributed by atoms with Gasteiger partial charge in [0.05, 0.1) is 17.4 Å². The molecule has 1 atom stereocenters. The number of carbonyl (C=O) groups excluding carboxylic acids is 1. The van der Waals surface area contributed by atoms with E-state index in [1.807, 2.05) is 61.1 Å². The number of carbonyl (C=O) groups is 1. The summed E-state index contributed by atoms with van der Waals surface area (Å²) in [4.78, 5) is 25.9. The zero-order chi connectivity index (χ0) is 23.2. The molecular formula is C26H25N7O. The predicted octanol–water partition coefficient (Wildman–Crippen LogP) is 4.85. The van der Waals surface area contributed by atoms with E-state index < -0.39 is 0 Å². The molecule has 8 heteroatoms. The fraction of sp³-hybridized carbons (Fsp3) is 0.269. The zero-order valence-electron chi connectivity index (χ0n) is 19.1. The number of amides is 1. The van der Waals surface area contributed by atoms with E-state index in [0.29, 0.717) is 24.2 Å². The molecule has 170 valence electrons. The van der Waals surface area contributed by atoms with E-state index in [4.69, 9.17) is 4.98 Å². The summed E-state index contributed by atoms with van der Waals surface area (Å²) in [6.07, 6.45) is 6.30. The molecule has 1 aliphatic heterocycles. The van der Waals surface area contributed by atoms with E-state index >= 15 is 0 Å². The Morgan fingerprint density at radius 3 is 2.53 bits per heavy atom. The largest absolute Gasteiger partial charge is 0.345 e. The van der Waals surface area contributed by atoms with Gasteiger partial charge in [-0.05, 0) is 80.1 Å². The van der Waals surface area contributed by atoms with Gasteiger partial charge in [-0.3, -0.25) is 14.8 Å². The number of hydrogen-bond acceptors (Lipinski definition) is 6. The number of nitrogens with zero attached hydrogens (tertiary/aromatic N) is 5. The molecule has 1 saturated carbocycles. The number of fused-ring (bicyclic) bond motifs is 1. The van der Waals surface area contributed by atoms with Crippen LogP contribution in [0.3, 0.4) is 0 Å². The van der Waals surface area contributed by atoms with E-state index in [9.17, 15) is 4.79 Å². The van der Waals surface area contributed by atoms with E-state index in [0.717, 1.165) is 33.8 Å². The van der Waals surface area contributed by atoms with E-state index in [1.54, 1.807) is 6.20 Å². The molecule has 0 radical (unpaired) electrons. The average Bonchev–Trinajstić information content (AvgIpc) is 3.58.